The third-order valence-corrected chi connectivity index (χ3v) is 3.24. The molecule has 0 saturated carbocycles. The molecular weight excluding hydrogens is 342 g/mol. The van der Waals surface area contributed by atoms with Gasteiger partial charge in [-0.1, -0.05) is 0 Å². The number of methoxy groups -OCH3 is 1. The summed E-state index contributed by atoms with van der Waals surface area (Å²) in [6.07, 6.45) is -8.69. The van der Waals surface area contributed by atoms with Crippen molar-refractivity contribution in [3.63, 3.8) is 0 Å². The number of benzene rings is 1. The van der Waals surface area contributed by atoms with Gasteiger partial charge in [-0.15, -0.1) is 0 Å². The third-order valence-electron chi connectivity index (χ3n) is 3.24. The molecule has 130 valence electrons. The third kappa shape index (κ3) is 3.69. The highest BCUT2D eigenvalue weighted by Gasteiger charge is 2.40. The molecule has 4 nitrogen and oxygen atoms in total. The fourth-order valence-electron chi connectivity index (χ4n) is 2.15. The maximum absolute atomic E-state index is 13.2. The lowest BCUT2D eigenvalue weighted by atomic mass is 9.91. The van der Waals surface area contributed by atoms with Crippen molar-refractivity contribution < 1.29 is 35.9 Å². The van der Waals surface area contributed by atoms with Crippen molar-refractivity contribution in [2.24, 2.45) is 0 Å². The predicted octanol–water partition coefficient (Wildman–Crippen LogP) is 3.83. The van der Waals surface area contributed by atoms with Crippen molar-refractivity contribution in [2.45, 2.75) is 18.8 Å². The van der Waals surface area contributed by atoms with Crippen LogP contribution < -0.4 is 0 Å². The normalized spacial score (nSPS) is 12.3. The lowest BCUT2D eigenvalue weighted by Gasteiger charge is -2.19. The second-order valence-electron chi connectivity index (χ2n) is 4.79. The van der Waals surface area contributed by atoms with Crippen molar-refractivity contribution in [3.8, 4) is 11.1 Å². The molecule has 0 atom stereocenters. The average Bonchev–Trinajstić information content (AvgIpc) is 2.98. The molecule has 0 radical (unpaired) electrons. The number of esters is 1. The Labute approximate surface area is 131 Å². The summed E-state index contributed by atoms with van der Waals surface area (Å²) in [6.45, 7) is 0. The van der Waals surface area contributed by atoms with Crippen molar-refractivity contribution in [1.29, 1.82) is 0 Å². The number of carbonyl (C=O) groups excluding carboxylic acids is 1. The number of hydrogen-bond donors (Lipinski definition) is 1. The summed E-state index contributed by atoms with van der Waals surface area (Å²) in [7, 11) is 0.969. The van der Waals surface area contributed by atoms with E-state index in [0.717, 1.165) is 19.5 Å². The topological polar surface area (TPSA) is 55.0 Å². The van der Waals surface area contributed by atoms with E-state index in [2.05, 4.69) is 14.9 Å². The van der Waals surface area contributed by atoms with Crippen LogP contribution in [0.3, 0.4) is 0 Å². The first-order chi connectivity index (χ1) is 11.0. The SMILES string of the molecule is COC(=O)Cc1c(-c2cn[nH]c2)cc(C(F)(F)F)cc1C(F)(F)F. The maximum Gasteiger partial charge on any atom is 0.416 e. The predicted molar refractivity (Wildman–Crippen MR) is 69.7 cm³/mol. The van der Waals surface area contributed by atoms with Gasteiger partial charge in [-0.2, -0.15) is 31.4 Å². The molecule has 0 aliphatic carbocycles. The smallest absolute Gasteiger partial charge is 0.416 e. The zero-order valence-electron chi connectivity index (χ0n) is 12.0. The molecule has 0 saturated heterocycles. The van der Waals surface area contributed by atoms with E-state index >= 15 is 0 Å². The summed E-state index contributed by atoms with van der Waals surface area (Å²) >= 11 is 0. The van der Waals surface area contributed by atoms with E-state index in [-0.39, 0.29) is 11.6 Å². The molecule has 0 aliphatic heterocycles. The number of ether oxygens (including phenoxy) is 1. The number of nitrogens with one attached hydrogen (secondary N) is 1. The lowest BCUT2D eigenvalue weighted by molar-refractivity contribution is -0.143. The Morgan fingerprint density at radius 1 is 1.17 bits per heavy atom. The summed E-state index contributed by atoms with van der Waals surface area (Å²) < 4.78 is 83.0. The van der Waals surface area contributed by atoms with Crippen LogP contribution in [0, 0.1) is 0 Å². The zero-order valence-corrected chi connectivity index (χ0v) is 12.0. The Balaban J connectivity index is 2.79. The minimum absolute atomic E-state index is 0.00879. The minimum Gasteiger partial charge on any atom is -0.469 e. The van der Waals surface area contributed by atoms with Crippen LogP contribution in [0.4, 0.5) is 26.3 Å². The highest BCUT2D eigenvalue weighted by molar-refractivity contribution is 5.79. The highest BCUT2D eigenvalue weighted by Crippen LogP contribution is 2.41. The molecule has 0 unspecified atom stereocenters. The molecule has 0 amide bonds. The molecule has 0 spiro atoms. The number of H-pyrrole nitrogens is 1. The Bertz CT molecular complexity index is 735. The number of hydrogen-bond acceptors (Lipinski definition) is 3. The van der Waals surface area contributed by atoms with Crippen LogP contribution >= 0.6 is 0 Å². The number of aromatic nitrogens is 2. The van der Waals surface area contributed by atoms with Gasteiger partial charge in [-0.05, 0) is 23.3 Å². The number of nitrogens with zero attached hydrogens (tertiary/aromatic N) is 1. The van der Waals surface area contributed by atoms with Crippen LogP contribution in [-0.2, 0) is 28.3 Å². The van der Waals surface area contributed by atoms with Gasteiger partial charge in [0.25, 0.3) is 0 Å². The zero-order chi connectivity index (χ0) is 18.1. The van der Waals surface area contributed by atoms with Gasteiger partial charge in [0.15, 0.2) is 0 Å². The van der Waals surface area contributed by atoms with Gasteiger partial charge in [0.1, 0.15) is 0 Å². The van der Waals surface area contributed by atoms with Crippen LogP contribution in [0.25, 0.3) is 11.1 Å². The van der Waals surface area contributed by atoms with E-state index in [1.807, 2.05) is 0 Å². The Hall–Kier alpha value is -2.52. The number of alkyl halides is 6. The highest BCUT2D eigenvalue weighted by atomic mass is 19.4. The molecule has 0 fully saturated rings. The fourth-order valence-corrected chi connectivity index (χ4v) is 2.15. The molecule has 1 heterocycles. The quantitative estimate of drug-likeness (QED) is 0.675. The molecule has 2 aromatic rings. The summed E-state index contributed by atoms with van der Waals surface area (Å²) in [5.74, 6) is -1.01. The van der Waals surface area contributed by atoms with Gasteiger partial charge in [0, 0.05) is 11.8 Å². The summed E-state index contributed by atoms with van der Waals surface area (Å²) in [4.78, 5) is 11.4. The Morgan fingerprint density at radius 2 is 1.83 bits per heavy atom. The Morgan fingerprint density at radius 3 is 2.29 bits per heavy atom. The molecular formula is C14H10F6N2O2. The van der Waals surface area contributed by atoms with Gasteiger partial charge in [-0.25, -0.2) is 0 Å². The van der Waals surface area contributed by atoms with Crippen LogP contribution in [-0.4, -0.2) is 23.3 Å². The molecule has 1 aromatic heterocycles. The van der Waals surface area contributed by atoms with E-state index in [1.165, 1.54) is 0 Å². The molecule has 24 heavy (non-hydrogen) atoms. The number of rotatable bonds is 3. The van der Waals surface area contributed by atoms with Crippen molar-refractivity contribution in [2.75, 3.05) is 7.11 Å². The van der Waals surface area contributed by atoms with Crippen LogP contribution in [0.5, 0.6) is 0 Å². The van der Waals surface area contributed by atoms with Crippen LogP contribution in [0.15, 0.2) is 24.5 Å². The average molecular weight is 352 g/mol. The van der Waals surface area contributed by atoms with Gasteiger partial charge in [0.05, 0.1) is 30.9 Å². The standard InChI is InChI=1S/C14H10F6N2O2/c1-24-12(23)4-10-9(7-5-21-22-6-7)2-8(13(15,16)17)3-11(10)14(18,19)20/h2-3,5-6H,4H2,1H3,(H,21,22). The van der Waals surface area contributed by atoms with Gasteiger partial charge >= 0.3 is 18.3 Å². The largest absolute Gasteiger partial charge is 0.469 e. The monoisotopic (exact) mass is 352 g/mol. The van der Waals surface area contributed by atoms with Crippen molar-refractivity contribution in [3.05, 3.63) is 41.2 Å². The van der Waals surface area contributed by atoms with E-state index in [0.29, 0.717) is 6.07 Å². The van der Waals surface area contributed by atoms with E-state index in [1.54, 1.807) is 0 Å². The van der Waals surface area contributed by atoms with Crippen LogP contribution in [0.2, 0.25) is 0 Å². The molecule has 10 heteroatoms. The molecule has 1 aromatic carbocycles. The molecule has 0 aliphatic rings. The second-order valence-corrected chi connectivity index (χ2v) is 4.79. The molecule has 2 rings (SSSR count). The first-order valence-corrected chi connectivity index (χ1v) is 6.41. The van der Waals surface area contributed by atoms with Crippen molar-refractivity contribution >= 4 is 5.97 Å². The van der Waals surface area contributed by atoms with Gasteiger partial charge < -0.3 is 4.74 Å². The summed E-state index contributed by atoms with van der Waals surface area (Å²) in [5.41, 5.74) is -4.02. The van der Waals surface area contributed by atoms with Gasteiger partial charge in [-0.3, -0.25) is 9.89 Å². The van der Waals surface area contributed by atoms with E-state index < -0.39 is 47.0 Å². The number of carbonyl (C=O) groups is 1. The molecule has 1 N–H and O–H groups in total. The first-order valence-electron chi connectivity index (χ1n) is 6.41. The second kappa shape index (κ2) is 6.17. The minimum atomic E-state index is -5.08. The summed E-state index contributed by atoms with van der Waals surface area (Å²) in [6, 6.07) is 0.542. The fraction of sp³-hybridized carbons (Fsp3) is 0.286. The van der Waals surface area contributed by atoms with Crippen LogP contribution in [0.1, 0.15) is 16.7 Å². The van der Waals surface area contributed by atoms with Gasteiger partial charge in [0.2, 0.25) is 0 Å². The maximum atomic E-state index is 13.2. The molecule has 0 bridgehead atoms. The summed E-state index contributed by atoms with van der Waals surface area (Å²) in [5, 5.41) is 5.83. The lowest BCUT2D eigenvalue weighted by Crippen LogP contribution is -2.17. The van der Waals surface area contributed by atoms with E-state index in [4.69, 9.17) is 0 Å². The Kier molecular flexibility index (Phi) is 4.59. The first kappa shape index (κ1) is 17.8. The van der Waals surface area contributed by atoms with E-state index in [9.17, 15) is 31.1 Å². The number of halogens is 6. The number of aromatic amines is 1. The van der Waals surface area contributed by atoms with Crippen molar-refractivity contribution in [1.82, 2.24) is 10.2 Å².